The molecule has 7 heteroatoms. The number of thiocarbonyl (C=S) groups is 1. The highest BCUT2D eigenvalue weighted by molar-refractivity contribution is 9.10. The van der Waals surface area contributed by atoms with E-state index in [1.807, 2.05) is 0 Å². The zero-order valence-electron chi connectivity index (χ0n) is 10.0. The Bertz CT molecular complexity index is 504. The van der Waals surface area contributed by atoms with Crippen LogP contribution in [-0.4, -0.2) is 36.8 Å². The maximum atomic E-state index is 12.0. The molecule has 1 heterocycles. The van der Waals surface area contributed by atoms with Gasteiger partial charge in [-0.15, -0.1) is 0 Å². The van der Waals surface area contributed by atoms with Crippen LogP contribution in [0.15, 0.2) is 22.7 Å². The first-order chi connectivity index (χ1) is 9.08. The predicted octanol–water partition coefficient (Wildman–Crippen LogP) is 1.44. The molecule has 19 heavy (non-hydrogen) atoms. The smallest absolute Gasteiger partial charge is 0.255 e. The lowest BCUT2D eigenvalue weighted by Gasteiger charge is -2.22. The number of rotatable bonds is 3. The molecule has 0 radical (unpaired) electrons. The Morgan fingerprint density at radius 2 is 2.26 bits per heavy atom. The molecular formula is C12H13BrN2O3S. The molecular weight excluding hydrogens is 332 g/mol. The highest BCUT2D eigenvalue weighted by Gasteiger charge is 2.23. The van der Waals surface area contributed by atoms with Gasteiger partial charge in [-0.1, -0.05) is 12.2 Å². The number of amides is 1. The van der Waals surface area contributed by atoms with Gasteiger partial charge in [0.05, 0.1) is 25.5 Å². The van der Waals surface area contributed by atoms with E-state index in [1.165, 1.54) is 0 Å². The predicted molar refractivity (Wildman–Crippen MR) is 79.2 cm³/mol. The lowest BCUT2D eigenvalue weighted by Crippen LogP contribution is -2.39. The Morgan fingerprint density at radius 3 is 2.84 bits per heavy atom. The molecule has 0 aromatic heterocycles. The van der Waals surface area contributed by atoms with Gasteiger partial charge in [0.25, 0.3) is 5.91 Å². The third-order valence-electron chi connectivity index (χ3n) is 2.62. The van der Waals surface area contributed by atoms with Crippen LogP contribution in [0.3, 0.4) is 0 Å². The largest absolute Gasteiger partial charge is 0.389 e. The zero-order chi connectivity index (χ0) is 13.8. The van der Waals surface area contributed by atoms with Crippen LogP contribution >= 0.6 is 28.1 Å². The number of carbonyl (C=O) groups is 1. The van der Waals surface area contributed by atoms with Crippen molar-refractivity contribution in [3.8, 4) is 0 Å². The molecule has 1 aromatic carbocycles. The summed E-state index contributed by atoms with van der Waals surface area (Å²) in [6, 6.07) is 5.25. The lowest BCUT2D eigenvalue weighted by molar-refractivity contribution is -0.142. The summed E-state index contributed by atoms with van der Waals surface area (Å²) in [5.74, 6) is -0.233. The first-order valence-electron chi connectivity index (χ1n) is 5.67. The summed E-state index contributed by atoms with van der Waals surface area (Å²) in [5.41, 5.74) is 6.91. The third kappa shape index (κ3) is 3.73. The van der Waals surface area contributed by atoms with Crippen LogP contribution in [0, 0.1) is 0 Å². The summed E-state index contributed by atoms with van der Waals surface area (Å²) in [5, 5.41) is 2.77. The monoisotopic (exact) mass is 344 g/mol. The minimum Gasteiger partial charge on any atom is -0.389 e. The van der Waals surface area contributed by atoms with Gasteiger partial charge in [0.2, 0.25) is 0 Å². The molecule has 1 atom stereocenters. The number of anilines is 1. The van der Waals surface area contributed by atoms with E-state index in [0.29, 0.717) is 28.4 Å². The van der Waals surface area contributed by atoms with Crippen LogP contribution in [0.2, 0.25) is 0 Å². The second-order valence-corrected chi connectivity index (χ2v) is 5.28. The standard InChI is InChI=1S/C12H13BrN2O3S/c13-8-5-7(11(14)19)1-2-9(8)15-12(16)10-6-17-3-4-18-10/h1-2,5,10H,3-4,6H2,(H2,14,19)(H,15,16). The third-order valence-corrected chi connectivity index (χ3v) is 3.51. The number of hydrogen-bond donors (Lipinski definition) is 2. The SMILES string of the molecule is NC(=S)c1ccc(NC(=O)C2COCCO2)c(Br)c1. The van der Waals surface area contributed by atoms with Crippen molar-refractivity contribution in [3.63, 3.8) is 0 Å². The second kappa shape index (κ2) is 6.42. The van der Waals surface area contributed by atoms with Gasteiger partial charge in [0.15, 0.2) is 6.10 Å². The first kappa shape index (κ1) is 14.4. The number of hydrogen-bond acceptors (Lipinski definition) is 4. The molecule has 0 spiro atoms. The Morgan fingerprint density at radius 1 is 1.47 bits per heavy atom. The summed E-state index contributed by atoms with van der Waals surface area (Å²) in [7, 11) is 0. The number of nitrogens with one attached hydrogen (secondary N) is 1. The number of nitrogens with two attached hydrogens (primary N) is 1. The second-order valence-electron chi connectivity index (χ2n) is 3.98. The van der Waals surface area contributed by atoms with E-state index in [-0.39, 0.29) is 12.5 Å². The molecule has 1 unspecified atom stereocenters. The van der Waals surface area contributed by atoms with E-state index in [1.54, 1.807) is 18.2 Å². The molecule has 1 aliphatic rings. The minimum atomic E-state index is -0.573. The molecule has 0 aliphatic carbocycles. The molecule has 2 rings (SSSR count). The van der Waals surface area contributed by atoms with Crippen molar-refractivity contribution in [3.05, 3.63) is 28.2 Å². The number of carbonyl (C=O) groups excluding carboxylic acids is 1. The fourth-order valence-electron chi connectivity index (χ4n) is 1.62. The average molecular weight is 345 g/mol. The van der Waals surface area contributed by atoms with Gasteiger partial charge in [-0.3, -0.25) is 4.79 Å². The van der Waals surface area contributed by atoms with Gasteiger partial charge in [0, 0.05) is 10.0 Å². The number of halogens is 1. The van der Waals surface area contributed by atoms with E-state index in [4.69, 9.17) is 27.4 Å². The number of benzene rings is 1. The van der Waals surface area contributed by atoms with Gasteiger partial charge in [0.1, 0.15) is 4.99 Å². The van der Waals surface area contributed by atoms with Crippen molar-refractivity contribution < 1.29 is 14.3 Å². The average Bonchev–Trinajstić information content (AvgIpc) is 2.41. The number of ether oxygens (including phenoxy) is 2. The Balaban J connectivity index is 2.06. The van der Waals surface area contributed by atoms with Crippen LogP contribution < -0.4 is 11.1 Å². The van der Waals surface area contributed by atoms with Gasteiger partial charge < -0.3 is 20.5 Å². The van der Waals surface area contributed by atoms with E-state index in [2.05, 4.69) is 21.2 Å². The van der Waals surface area contributed by atoms with Crippen LogP contribution in [0.5, 0.6) is 0 Å². The Kier molecular flexibility index (Phi) is 4.87. The highest BCUT2D eigenvalue weighted by atomic mass is 79.9. The van der Waals surface area contributed by atoms with Gasteiger partial charge >= 0.3 is 0 Å². The van der Waals surface area contributed by atoms with Gasteiger partial charge in [-0.25, -0.2) is 0 Å². The summed E-state index contributed by atoms with van der Waals surface area (Å²) in [6.45, 7) is 1.23. The fourth-order valence-corrected chi connectivity index (χ4v) is 2.23. The zero-order valence-corrected chi connectivity index (χ0v) is 12.4. The maximum absolute atomic E-state index is 12.0. The van der Waals surface area contributed by atoms with Crippen LogP contribution in [0.25, 0.3) is 0 Å². The Hall–Kier alpha value is -1.02. The van der Waals surface area contributed by atoms with E-state index in [0.717, 1.165) is 5.56 Å². The first-order valence-corrected chi connectivity index (χ1v) is 6.87. The normalized spacial score (nSPS) is 18.9. The molecule has 1 saturated heterocycles. The van der Waals surface area contributed by atoms with Crippen LogP contribution in [0.1, 0.15) is 5.56 Å². The minimum absolute atomic E-state index is 0.233. The highest BCUT2D eigenvalue weighted by Crippen LogP contribution is 2.24. The molecule has 1 aliphatic heterocycles. The molecule has 0 bridgehead atoms. The molecule has 3 N–H and O–H groups in total. The van der Waals surface area contributed by atoms with Crippen molar-refractivity contribution >= 4 is 44.7 Å². The molecule has 5 nitrogen and oxygen atoms in total. The van der Waals surface area contributed by atoms with Gasteiger partial charge in [-0.2, -0.15) is 0 Å². The molecule has 0 saturated carbocycles. The fraction of sp³-hybridized carbons (Fsp3) is 0.333. The van der Waals surface area contributed by atoms with Crippen molar-refractivity contribution in [2.24, 2.45) is 5.73 Å². The summed E-state index contributed by atoms with van der Waals surface area (Å²) in [6.07, 6.45) is -0.573. The van der Waals surface area contributed by atoms with Gasteiger partial charge in [-0.05, 0) is 34.1 Å². The van der Waals surface area contributed by atoms with Crippen molar-refractivity contribution in [2.45, 2.75) is 6.10 Å². The van der Waals surface area contributed by atoms with E-state index >= 15 is 0 Å². The topological polar surface area (TPSA) is 73.6 Å². The summed E-state index contributed by atoms with van der Waals surface area (Å²) in [4.78, 5) is 12.3. The summed E-state index contributed by atoms with van der Waals surface area (Å²) >= 11 is 8.25. The maximum Gasteiger partial charge on any atom is 0.255 e. The molecule has 1 aromatic rings. The van der Waals surface area contributed by atoms with E-state index in [9.17, 15) is 4.79 Å². The quantitative estimate of drug-likeness (QED) is 0.811. The Labute approximate surface area is 124 Å². The van der Waals surface area contributed by atoms with E-state index < -0.39 is 6.10 Å². The molecule has 1 amide bonds. The van der Waals surface area contributed by atoms with Crippen molar-refractivity contribution in [1.82, 2.24) is 0 Å². The lowest BCUT2D eigenvalue weighted by atomic mass is 10.2. The van der Waals surface area contributed by atoms with Crippen LogP contribution in [-0.2, 0) is 14.3 Å². The molecule has 1 fully saturated rings. The van der Waals surface area contributed by atoms with Crippen molar-refractivity contribution in [1.29, 1.82) is 0 Å². The van der Waals surface area contributed by atoms with Crippen molar-refractivity contribution in [2.75, 3.05) is 25.1 Å². The summed E-state index contributed by atoms with van der Waals surface area (Å²) < 4.78 is 11.2. The molecule has 102 valence electrons. The van der Waals surface area contributed by atoms with Crippen LogP contribution in [0.4, 0.5) is 5.69 Å².